The number of carbonyl (C=O) groups is 1. The highest BCUT2D eigenvalue weighted by atomic mass is 16.1. The predicted molar refractivity (Wildman–Crippen MR) is 115 cm³/mol. The number of benzene rings is 1. The molecule has 3 aromatic rings. The Morgan fingerprint density at radius 3 is 2.59 bits per heavy atom. The summed E-state index contributed by atoms with van der Waals surface area (Å²) >= 11 is 0. The number of rotatable bonds is 4. The van der Waals surface area contributed by atoms with Gasteiger partial charge in [0.05, 0.1) is 6.20 Å². The third-order valence-corrected chi connectivity index (χ3v) is 6.38. The molecule has 1 aliphatic rings. The summed E-state index contributed by atoms with van der Waals surface area (Å²) in [6.45, 7) is 8.40. The van der Waals surface area contributed by atoms with Crippen molar-refractivity contribution >= 4 is 11.6 Å². The molecule has 1 N–H and O–H groups in total. The van der Waals surface area contributed by atoms with Crippen molar-refractivity contribution in [2.24, 2.45) is 5.92 Å². The van der Waals surface area contributed by atoms with Gasteiger partial charge in [-0.2, -0.15) is 5.10 Å². The Labute approximate surface area is 172 Å². The highest BCUT2D eigenvalue weighted by molar-refractivity contribution is 5.99. The van der Waals surface area contributed by atoms with Crippen LogP contribution in [0.25, 0.3) is 5.65 Å². The van der Waals surface area contributed by atoms with Gasteiger partial charge in [-0.25, -0.2) is 9.50 Å². The third-order valence-electron chi connectivity index (χ3n) is 6.38. The molecule has 1 aromatic carbocycles. The molecular formula is C24H30N4O. The van der Waals surface area contributed by atoms with Crippen LogP contribution in [0.15, 0.2) is 30.5 Å². The van der Waals surface area contributed by atoms with Gasteiger partial charge in [0.2, 0.25) is 0 Å². The minimum Gasteiger partial charge on any atom is -0.349 e. The molecule has 0 radical (unpaired) electrons. The lowest BCUT2D eigenvalue weighted by molar-refractivity contribution is 0.0911. The lowest BCUT2D eigenvalue weighted by atomic mass is 9.86. The molecule has 0 spiro atoms. The normalized spacial score (nSPS) is 19.4. The van der Waals surface area contributed by atoms with Crippen LogP contribution < -0.4 is 5.32 Å². The first-order valence-corrected chi connectivity index (χ1v) is 10.6. The van der Waals surface area contributed by atoms with Crippen molar-refractivity contribution in [2.45, 2.75) is 65.8 Å². The Balaban J connectivity index is 1.63. The number of nitrogens with one attached hydrogen (secondary N) is 1. The van der Waals surface area contributed by atoms with Crippen LogP contribution in [0.4, 0.5) is 0 Å². The van der Waals surface area contributed by atoms with Crippen molar-refractivity contribution in [1.29, 1.82) is 0 Å². The number of aromatic nitrogens is 3. The summed E-state index contributed by atoms with van der Waals surface area (Å²) in [6.07, 6.45) is 7.14. The summed E-state index contributed by atoms with van der Waals surface area (Å²) in [5, 5.41) is 7.73. The van der Waals surface area contributed by atoms with Gasteiger partial charge < -0.3 is 5.32 Å². The van der Waals surface area contributed by atoms with Gasteiger partial charge in [-0.05, 0) is 50.7 Å². The van der Waals surface area contributed by atoms with Gasteiger partial charge in [-0.1, -0.05) is 49.6 Å². The van der Waals surface area contributed by atoms with E-state index in [9.17, 15) is 4.79 Å². The first kappa shape index (κ1) is 19.6. The van der Waals surface area contributed by atoms with Crippen molar-refractivity contribution in [3.8, 4) is 0 Å². The molecule has 1 saturated carbocycles. The SMILES string of the molecule is Cc1ccc(Cc2c(C)nc3c(C(=O)N[C@@H]4CCCC[C@H]4C)cnn3c2C)cc1. The molecule has 4 rings (SSSR count). The molecule has 5 heteroatoms. The molecule has 2 heterocycles. The van der Waals surface area contributed by atoms with Crippen LogP contribution in [0.2, 0.25) is 0 Å². The van der Waals surface area contributed by atoms with Crippen molar-refractivity contribution in [3.63, 3.8) is 0 Å². The van der Waals surface area contributed by atoms with E-state index in [4.69, 9.17) is 4.98 Å². The van der Waals surface area contributed by atoms with Crippen molar-refractivity contribution in [2.75, 3.05) is 0 Å². The van der Waals surface area contributed by atoms with Crippen molar-refractivity contribution in [1.82, 2.24) is 19.9 Å². The van der Waals surface area contributed by atoms with Crippen LogP contribution in [-0.4, -0.2) is 26.5 Å². The van der Waals surface area contributed by atoms with Crippen LogP contribution in [0.3, 0.4) is 0 Å². The van der Waals surface area contributed by atoms with E-state index in [0.717, 1.165) is 29.8 Å². The number of aryl methyl sites for hydroxylation is 3. The molecule has 1 aliphatic carbocycles. The molecule has 0 bridgehead atoms. The van der Waals surface area contributed by atoms with E-state index in [1.54, 1.807) is 6.20 Å². The zero-order chi connectivity index (χ0) is 20.5. The number of amides is 1. The molecule has 1 amide bonds. The van der Waals surface area contributed by atoms with Crippen molar-refractivity contribution in [3.05, 3.63) is 64.1 Å². The third kappa shape index (κ3) is 3.91. The summed E-state index contributed by atoms with van der Waals surface area (Å²) in [6, 6.07) is 8.83. The number of carbonyl (C=O) groups excluding carboxylic acids is 1. The average molecular weight is 391 g/mol. The lowest BCUT2D eigenvalue weighted by Gasteiger charge is -2.29. The summed E-state index contributed by atoms with van der Waals surface area (Å²) in [5.74, 6) is 0.461. The first-order chi connectivity index (χ1) is 13.9. The quantitative estimate of drug-likeness (QED) is 0.711. The zero-order valence-electron chi connectivity index (χ0n) is 17.8. The Morgan fingerprint density at radius 1 is 1.14 bits per heavy atom. The van der Waals surface area contributed by atoms with E-state index in [1.807, 2.05) is 11.4 Å². The largest absolute Gasteiger partial charge is 0.349 e. The molecule has 1 fully saturated rings. The highest BCUT2D eigenvalue weighted by Crippen LogP contribution is 2.25. The Bertz CT molecular complexity index is 1040. The van der Waals surface area contributed by atoms with Gasteiger partial charge in [-0.3, -0.25) is 4.79 Å². The number of hydrogen-bond acceptors (Lipinski definition) is 3. The van der Waals surface area contributed by atoms with E-state index in [2.05, 4.69) is 55.5 Å². The van der Waals surface area contributed by atoms with E-state index < -0.39 is 0 Å². The first-order valence-electron chi connectivity index (χ1n) is 10.6. The molecule has 5 nitrogen and oxygen atoms in total. The van der Waals surface area contributed by atoms with Gasteiger partial charge in [0.25, 0.3) is 5.91 Å². The second kappa shape index (κ2) is 7.97. The topological polar surface area (TPSA) is 59.3 Å². The van der Waals surface area contributed by atoms with Crippen LogP contribution in [0.5, 0.6) is 0 Å². The average Bonchev–Trinajstić information content (AvgIpc) is 3.12. The fourth-order valence-electron chi connectivity index (χ4n) is 4.41. The summed E-state index contributed by atoms with van der Waals surface area (Å²) in [7, 11) is 0. The van der Waals surface area contributed by atoms with Crippen molar-refractivity contribution < 1.29 is 4.79 Å². The minimum absolute atomic E-state index is 0.0589. The van der Waals surface area contributed by atoms with E-state index >= 15 is 0 Å². The Morgan fingerprint density at radius 2 is 1.86 bits per heavy atom. The lowest BCUT2D eigenvalue weighted by Crippen LogP contribution is -2.41. The molecule has 152 valence electrons. The van der Waals surface area contributed by atoms with Gasteiger partial charge in [0.1, 0.15) is 5.56 Å². The zero-order valence-corrected chi connectivity index (χ0v) is 17.8. The molecule has 29 heavy (non-hydrogen) atoms. The maximum Gasteiger partial charge on any atom is 0.256 e. The second-order valence-corrected chi connectivity index (χ2v) is 8.56. The molecule has 0 saturated heterocycles. The number of nitrogens with zero attached hydrogens (tertiary/aromatic N) is 3. The van der Waals surface area contributed by atoms with Crippen LogP contribution in [0.1, 0.15) is 71.0 Å². The summed E-state index contributed by atoms with van der Waals surface area (Å²) < 4.78 is 1.82. The van der Waals surface area contributed by atoms with E-state index in [0.29, 0.717) is 17.1 Å². The molecule has 0 unspecified atom stereocenters. The predicted octanol–water partition coefficient (Wildman–Crippen LogP) is 4.55. The highest BCUT2D eigenvalue weighted by Gasteiger charge is 2.25. The number of hydrogen-bond donors (Lipinski definition) is 1. The second-order valence-electron chi connectivity index (χ2n) is 8.56. The van der Waals surface area contributed by atoms with Gasteiger partial charge in [-0.15, -0.1) is 0 Å². The molecule has 2 atom stereocenters. The fraction of sp³-hybridized carbons (Fsp3) is 0.458. The van der Waals surface area contributed by atoms with E-state index in [1.165, 1.54) is 30.4 Å². The van der Waals surface area contributed by atoms with Crippen LogP contribution in [-0.2, 0) is 6.42 Å². The van der Waals surface area contributed by atoms with Gasteiger partial charge >= 0.3 is 0 Å². The maximum atomic E-state index is 13.0. The summed E-state index contributed by atoms with van der Waals surface area (Å²) in [5.41, 5.74) is 6.88. The minimum atomic E-state index is -0.0589. The van der Waals surface area contributed by atoms with Crippen LogP contribution >= 0.6 is 0 Å². The molecule has 0 aliphatic heterocycles. The van der Waals surface area contributed by atoms with Gasteiger partial charge in [0.15, 0.2) is 5.65 Å². The maximum absolute atomic E-state index is 13.0. The Hall–Kier alpha value is -2.69. The summed E-state index contributed by atoms with van der Waals surface area (Å²) in [4.78, 5) is 17.7. The standard InChI is InChI=1S/C24H30N4O/c1-15-9-11-19(12-10-15)13-20-17(3)26-23-21(14-25-28(23)18(20)4)24(29)27-22-8-6-5-7-16(22)2/h9-12,14,16,22H,5-8,13H2,1-4H3,(H,27,29)/t16-,22-/m1/s1. The van der Waals surface area contributed by atoms with E-state index in [-0.39, 0.29) is 11.9 Å². The van der Waals surface area contributed by atoms with Crippen LogP contribution in [0, 0.1) is 26.7 Å². The Kier molecular flexibility index (Phi) is 5.39. The number of fused-ring (bicyclic) bond motifs is 1. The smallest absolute Gasteiger partial charge is 0.256 e. The van der Waals surface area contributed by atoms with Gasteiger partial charge in [0, 0.05) is 23.9 Å². The monoisotopic (exact) mass is 390 g/mol. The molecular weight excluding hydrogens is 360 g/mol. The molecule has 2 aromatic heterocycles. The fourth-order valence-corrected chi connectivity index (χ4v) is 4.41.